The van der Waals surface area contributed by atoms with Gasteiger partial charge < -0.3 is 10.1 Å². The molecule has 18 heavy (non-hydrogen) atoms. The molecule has 1 heterocycles. The zero-order valence-corrected chi connectivity index (χ0v) is 10.7. The van der Waals surface area contributed by atoms with Crippen molar-refractivity contribution >= 4 is 11.6 Å². The van der Waals surface area contributed by atoms with Crippen molar-refractivity contribution in [1.82, 2.24) is 0 Å². The molecule has 3 heteroatoms. The molecule has 1 atom stereocenters. The second-order valence-electron chi connectivity index (χ2n) is 4.40. The van der Waals surface area contributed by atoms with E-state index >= 15 is 0 Å². The number of hydrogen-bond acceptors (Lipinski definition) is 2. The molecular weight excluding hydrogens is 226 g/mol. The molecule has 1 aliphatic rings. The Labute approximate surface area is 107 Å². The first kappa shape index (κ1) is 12.4. The van der Waals surface area contributed by atoms with Crippen LogP contribution in [0.3, 0.4) is 0 Å². The highest BCUT2D eigenvalue weighted by molar-refractivity contribution is 6.04. The number of aryl methyl sites for hydroxylation is 1. The van der Waals surface area contributed by atoms with Gasteiger partial charge in [-0.05, 0) is 25.5 Å². The summed E-state index contributed by atoms with van der Waals surface area (Å²) in [6, 6.07) is 7.71. The van der Waals surface area contributed by atoms with Crippen LogP contribution in [0.1, 0.15) is 18.9 Å². The Morgan fingerprint density at radius 3 is 2.78 bits per heavy atom. The summed E-state index contributed by atoms with van der Waals surface area (Å²) < 4.78 is 5.51. The maximum Gasteiger partial charge on any atom is 0.255 e. The number of allylic oxidation sites excluding steroid dienone is 1. The lowest BCUT2D eigenvalue weighted by Crippen LogP contribution is -2.15. The molecule has 1 aromatic rings. The normalized spacial score (nSPS) is 18.4. The topological polar surface area (TPSA) is 38.3 Å². The van der Waals surface area contributed by atoms with Crippen LogP contribution in [0.5, 0.6) is 0 Å². The summed E-state index contributed by atoms with van der Waals surface area (Å²) in [5.74, 6) is 0.595. The zero-order valence-electron chi connectivity index (χ0n) is 10.7. The van der Waals surface area contributed by atoms with E-state index in [1.54, 1.807) is 6.08 Å². The summed E-state index contributed by atoms with van der Waals surface area (Å²) in [7, 11) is 0. The van der Waals surface area contributed by atoms with E-state index in [2.05, 4.69) is 11.9 Å². The van der Waals surface area contributed by atoms with Crippen molar-refractivity contribution in [3.05, 3.63) is 53.8 Å². The van der Waals surface area contributed by atoms with E-state index in [0.29, 0.717) is 17.8 Å². The van der Waals surface area contributed by atoms with Gasteiger partial charge in [0.15, 0.2) is 0 Å². The fourth-order valence-electron chi connectivity index (χ4n) is 1.98. The maximum absolute atomic E-state index is 12.2. The van der Waals surface area contributed by atoms with Crippen LogP contribution >= 0.6 is 0 Å². The van der Waals surface area contributed by atoms with Gasteiger partial charge in [0.2, 0.25) is 0 Å². The molecule has 0 bridgehead atoms. The number of benzene rings is 1. The van der Waals surface area contributed by atoms with Crippen molar-refractivity contribution in [1.29, 1.82) is 0 Å². The lowest BCUT2D eigenvalue weighted by Gasteiger charge is -2.08. The second-order valence-corrected chi connectivity index (χ2v) is 4.40. The van der Waals surface area contributed by atoms with Gasteiger partial charge in [-0.2, -0.15) is 0 Å². The third-order valence-electron chi connectivity index (χ3n) is 3.09. The number of para-hydroxylation sites is 1. The Bertz CT molecular complexity index is 517. The van der Waals surface area contributed by atoms with Crippen LogP contribution in [0.4, 0.5) is 5.69 Å². The van der Waals surface area contributed by atoms with E-state index in [9.17, 15) is 4.79 Å². The Kier molecular flexibility index (Phi) is 3.51. The minimum atomic E-state index is -0.0915. The summed E-state index contributed by atoms with van der Waals surface area (Å²) in [5, 5.41) is 2.92. The molecule has 94 valence electrons. The predicted molar refractivity (Wildman–Crippen MR) is 72.2 cm³/mol. The van der Waals surface area contributed by atoms with Crippen LogP contribution in [0.15, 0.2) is 48.3 Å². The van der Waals surface area contributed by atoms with Crippen LogP contribution in [-0.2, 0) is 9.53 Å². The highest BCUT2D eigenvalue weighted by Gasteiger charge is 2.25. The van der Waals surface area contributed by atoms with E-state index < -0.39 is 0 Å². The molecule has 1 aliphatic heterocycles. The number of ether oxygens (including phenoxy) is 1. The number of carbonyl (C=O) groups is 1. The highest BCUT2D eigenvalue weighted by atomic mass is 16.5. The SMILES string of the molecule is C=CC1CC(C(=O)Nc2ccccc2C)=C(C)O1. The molecule has 0 aliphatic carbocycles. The summed E-state index contributed by atoms with van der Waals surface area (Å²) in [6.07, 6.45) is 2.23. The van der Waals surface area contributed by atoms with Crippen molar-refractivity contribution in [2.45, 2.75) is 26.4 Å². The van der Waals surface area contributed by atoms with E-state index in [1.807, 2.05) is 38.1 Å². The van der Waals surface area contributed by atoms with Crippen molar-refractivity contribution < 1.29 is 9.53 Å². The van der Waals surface area contributed by atoms with Crippen molar-refractivity contribution in [2.24, 2.45) is 0 Å². The summed E-state index contributed by atoms with van der Waals surface area (Å²) in [5.41, 5.74) is 2.58. The van der Waals surface area contributed by atoms with Gasteiger partial charge in [0.1, 0.15) is 11.9 Å². The molecule has 2 rings (SSSR count). The van der Waals surface area contributed by atoms with Gasteiger partial charge in [-0.25, -0.2) is 0 Å². The molecular formula is C15H17NO2. The molecule has 0 aromatic heterocycles. The molecule has 0 radical (unpaired) electrons. The third-order valence-corrected chi connectivity index (χ3v) is 3.09. The first-order valence-electron chi connectivity index (χ1n) is 5.97. The van der Waals surface area contributed by atoms with Gasteiger partial charge in [-0.1, -0.05) is 30.9 Å². The van der Waals surface area contributed by atoms with Gasteiger partial charge in [-0.3, -0.25) is 4.79 Å². The van der Waals surface area contributed by atoms with Crippen LogP contribution < -0.4 is 5.32 Å². The number of amides is 1. The lowest BCUT2D eigenvalue weighted by atomic mass is 10.1. The molecule has 1 amide bonds. The van der Waals surface area contributed by atoms with Crippen molar-refractivity contribution in [2.75, 3.05) is 5.32 Å². The molecule has 3 nitrogen and oxygen atoms in total. The molecule has 0 spiro atoms. The number of nitrogens with one attached hydrogen (secondary N) is 1. The van der Waals surface area contributed by atoms with Crippen LogP contribution in [-0.4, -0.2) is 12.0 Å². The van der Waals surface area contributed by atoms with Gasteiger partial charge in [0.25, 0.3) is 5.91 Å². The fraction of sp³-hybridized carbons (Fsp3) is 0.267. The minimum Gasteiger partial charge on any atom is -0.490 e. The maximum atomic E-state index is 12.2. The van der Waals surface area contributed by atoms with Crippen molar-refractivity contribution in [3.8, 4) is 0 Å². The molecule has 1 aromatic carbocycles. The van der Waals surface area contributed by atoms with Gasteiger partial charge in [0, 0.05) is 12.1 Å². The highest BCUT2D eigenvalue weighted by Crippen LogP contribution is 2.26. The monoisotopic (exact) mass is 243 g/mol. The number of hydrogen-bond donors (Lipinski definition) is 1. The quantitative estimate of drug-likeness (QED) is 0.828. The summed E-state index contributed by atoms with van der Waals surface area (Å²) in [6.45, 7) is 7.47. The Morgan fingerprint density at radius 1 is 1.44 bits per heavy atom. The first-order valence-corrected chi connectivity index (χ1v) is 5.97. The van der Waals surface area contributed by atoms with E-state index in [-0.39, 0.29) is 12.0 Å². The fourth-order valence-corrected chi connectivity index (χ4v) is 1.98. The number of carbonyl (C=O) groups excluding carboxylic acids is 1. The van der Waals surface area contributed by atoms with Gasteiger partial charge in [-0.15, -0.1) is 0 Å². The van der Waals surface area contributed by atoms with Crippen molar-refractivity contribution in [3.63, 3.8) is 0 Å². The lowest BCUT2D eigenvalue weighted by molar-refractivity contribution is -0.113. The van der Waals surface area contributed by atoms with E-state index in [0.717, 1.165) is 11.3 Å². The van der Waals surface area contributed by atoms with Gasteiger partial charge in [0.05, 0.1) is 5.57 Å². The average Bonchev–Trinajstić information content (AvgIpc) is 2.73. The van der Waals surface area contributed by atoms with E-state index in [1.165, 1.54) is 0 Å². The summed E-state index contributed by atoms with van der Waals surface area (Å²) >= 11 is 0. The third kappa shape index (κ3) is 2.45. The molecule has 0 fully saturated rings. The smallest absolute Gasteiger partial charge is 0.255 e. The first-order chi connectivity index (χ1) is 8.61. The van der Waals surface area contributed by atoms with Crippen LogP contribution in [0.25, 0.3) is 0 Å². The van der Waals surface area contributed by atoms with Crippen LogP contribution in [0, 0.1) is 6.92 Å². The zero-order chi connectivity index (χ0) is 13.1. The minimum absolute atomic E-state index is 0.0809. The molecule has 1 N–H and O–H groups in total. The predicted octanol–water partition coefficient (Wildman–Crippen LogP) is 3.18. The number of rotatable bonds is 3. The summed E-state index contributed by atoms with van der Waals surface area (Å²) in [4.78, 5) is 12.2. The average molecular weight is 243 g/mol. The Balaban J connectivity index is 2.12. The molecule has 0 saturated heterocycles. The second kappa shape index (κ2) is 5.08. The largest absolute Gasteiger partial charge is 0.490 e. The van der Waals surface area contributed by atoms with Crippen LogP contribution in [0.2, 0.25) is 0 Å². The van der Waals surface area contributed by atoms with Gasteiger partial charge >= 0.3 is 0 Å². The Hall–Kier alpha value is -2.03. The van der Waals surface area contributed by atoms with E-state index in [4.69, 9.17) is 4.74 Å². The standard InChI is InChI=1S/C15H17NO2/c1-4-12-9-13(11(3)18-12)15(17)16-14-8-6-5-7-10(14)2/h4-8,12H,1,9H2,2-3H3,(H,16,17). The Morgan fingerprint density at radius 2 is 2.17 bits per heavy atom. The molecule has 0 saturated carbocycles. The molecule has 1 unspecified atom stereocenters. The number of anilines is 1.